The lowest BCUT2D eigenvalue weighted by molar-refractivity contribution is 0.101. The number of rotatable bonds is 7. The summed E-state index contributed by atoms with van der Waals surface area (Å²) in [7, 11) is 0. The van der Waals surface area contributed by atoms with Gasteiger partial charge in [-0.1, -0.05) is 31.5 Å². The van der Waals surface area contributed by atoms with Crippen molar-refractivity contribution in [3.63, 3.8) is 0 Å². The van der Waals surface area contributed by atoms with E-state index in [1.54, 1.807) is 48.7 Å². The Morgan fingerprint density at radius 2 is 1.80 bits per heavy atom. The molecule has 0 aliphatic rings. The quantitative estimate of drug-likeness (QED) is 0.542. The third-order valence-electron chi connectivity index (χ3n) is 4.07. The van der Waals surface area contributed by atoms with Crippen LogP contribution in [0.25, 0.3) is 0 Å². The fraction of sp³-hybridized carbons (Fsp3) is 0.174. The molecule has 0 saturated carbocycles. The Hall–Kier alpha value is -3.38. The summed E-state index contributed by atoms with van der Waals surface area (Å²) in [4.78, 5) is 29.2. The van der Waals surface area contributed by atoms with Crippen LogP contribution in [0.15, 0.2) is 67.0 Å². The number of hydrogen-bond donors (Lipinski definition) is 2. The lowest BCUT2D eigenvalue weighted by atomic mass is 10.1. The van der Waals surface area contributed by atoms with E-state index in [1.165, 1.54) is 12.3 Å². The van der Waals surface area contributed by atoms with E-state index in [-0.39, 0.29) is 16.5 Å². The number of ether oxygens (including phenoxy) is 1. The molecule has 0 unspecified atom stereocenters. The lowest BCUT2D eigenvalue weighted by Crippen LogP contribution is -2.15. The lowest BCUT2D eigenvalue weighted by Gasteiger charge is -2.11. The minimum absolute atomic E-state index is 0.243. The van der Waals surface area contributed by atoms with Crippen LogP contribution in [0, 0.1) is 5.92 Å². The third kappa shape index (κ3) is 5.81. The molecule has 3 rings (SSSR count). The van der Waals surface area contributed by atoms with E-state index >= 15 is 0 Å². The fourth-order valence-corrected chi connectivity index (χ4v) is 2.81. The molecular formula is C23H22ClN3O3. The first-order valence-electron chi connectivity index (χ1n) is 9.47. The molecule has 1 heterocycles. The minimum Gasteiger partial charge on any atom is -0.493 e. The van der Waals surface area contributed by atoms with Crippen molar-refractivity contribution >= 4 is 34.8 Å². The van der Waals surface area contributed by atoms with Gasteiger partial charge in [-0.2, -0.15) is 0 Å². The first-order valence-corrected chi connectivity index (χ1v) is 9.85. The molecular weight excluding hydrogens is 402 g/mol. The van der Waals surface area contributed by atoms with Gasteiger partial charge in [-0.05, 0) is 54.4 Å². The number of pyridine rings is 1. The topological polar surface area (TPSA) is 80.3 Å². The summed E-state index contributed by atoms with van der Waals surface area (Å²) in [5.74, 6) is 0.302. The zero-order valence-electron chi connectivity index (χ0n) is 16.7. The van der Waals surface area contributed by atoms with Gasteiger partial charge in [0.1, 0.15) is 5.75 Å². The second-order valence-corrected chi connectivity index (χ2v) is 7.48. The van der Waals surface area contributed by atoms with Crippen molar-refractivity contribution in [1.29, 1.82) is 0 Å². The maximum absolute atomic E-state index is 12.7. The van der Waals surface area contributed by atoms with Gasteiger partial charge in [0.25, 0.3) is 11.8 Å². The summed E-state index contributed by atoms with van der Waals surface area (Å²) in [6.07, 6.45) is 3.15. The van der Waals surface area contributed by atoms with E-state index in [9.17, 15) is 9.59 Å². The van der Waals surface area contributed by atoms with Crippen LogP contribution in [-0.2, 0) is 0 Å². The molecule has 0 spiro atoms. The van der Waals surface area contributed by atoms with E-state index in [1.807, 2.05) is 6.07 Å². The number of anilines is 2. The number of halogens is 1. The zero-order valence-corrected chi connectivity index (χ0v) is 17.4. The molecule has 0 bridgehead atoms. The molecule has 6 nitrogen and oxygen atoms in total. The molecule has 0 atom stereocenters. The van der Waals surface area contributed by atoms with Crippen LogP contribution < -0.4 is 15.4 Å². The van der Waals surface area contributed by atoms with Gasteiger partial charge in [0.05, 0.1) is 29.1 Å². The Kier molecular flexibility index (Phi) is 7.03. The number of carbonyl (C=O) groups is 2. The molecule has 0 aliphatic heterocycles. The SMILES string of the molecule is CC(C)COc1cccc(C(=O)Nc2ccc(Cl)c(C(=O)Nc3cccnc3)c2)c1. The maximum Gasteiger partial charge on any atom is 0.257 e. The van der Waals surface area contributed by atoms with Crippen LogP contribution in [0.5, 0.6) is 5.75 Å². The van der Waals surface area contributed by atoms with Crippen molar-refractivity contribution in [2.45, 2.75) is 13.8 Å². The van der Waals surface area contributed by atoms with Crippen LogP contribution in [0.2, 0.25) is 5.02 Å². The van der Waals surface area contributed by atoms with Gasteiger partial charge < -0.3 is 15.4 Å². The first kappa shape index (κ1) is 21.3. The summed E-state index contributed by atoms with van der Waals surface area (Å²) in [5.41, 5.74) is 1.69. The fourth-order valence-electron chi connectivity index (χ4n) is 2.61. The second kappa shape index (κ2) is 9.89. The predicted octanol–water partition coefficient (Wildman–Crippen LogP) is 5.27. The first-order chi connectivity index (χ1) is 14.4. The standard InChI is InChI=1S/C23H22ClN3O3/c1-15(2)14-30-19-7-3-5-16(11-19)22(28)26-17-8-9-21(24)20(12-17)23(29)27-18-6-4-10-25-13-18/h3-13,15H,14H2,1-2H3,(H,26,28)(H,27,29). The molecule has 2 aromatic carbocycles. The number of hydrogen-bond acceptors (Lipinski definition) is 4. The van der Waals surface area contributed by atoms with Crippen LogP contribution in [0.1, 0.15) is 34.6 Å². The number of aromatic nitrogens is 1. The average molecular weight is 424 g/mol. The zero-order chi connectivity index (χ0) is 21.5. The normalized spacial score (nSPS) is 10.5. The second-order valence-electron chi connectivity index (χ2n) is 7.08. The van der Waals surface area contributed by atoms with Crippen LogP contribution >= 0.6 is 11.6 Å². The van der Waals surface area contributed by atoms with Crippen molar-refractivity contribution < 1.29 is 14.3 Å². The minimum atomic E-state index is -0.395. The Morgan fingerprint density at radius 1 is 1.00 bits per heavy atom. The molecule has 30 heavy (non-hydrogen) atoms. The number of carbonyl (C=O) groups excluding carboxylic acids is 2. The highest BCUT2D eigenvalue weighted by Gasteiger charge is 2.14. The summed E-state index contributed by atoms with van der Waals surface area (Å²) < 4.78 is 5.68. The molecule has 0 aliphatic carbocycles. The molecule has 2 N–H and O–H groups in total. The predicted molar refractivity (Wildman–Crippen MR) is 118 cm³/mol. The summed E-state index contributed by atoms with van der Waals surface area (Å²) in [5, 5.41) is 5.79. The smallest absolute Gasteiger partial charge is 0.257 e. The van der Waals surface area contributed by atoms with Crippen molar-refractivity contribution in [3.8, 4) is 5.75 Å². The molecule has 3 aromatic rings. The summed E-state index contributed by atoms with van der Waals surface area (Å²) in [6.45, 7) is 4.68. The molecule has 1 aromatic heterocycles. The Bertz CT molecular complexity index is 1040. The van der Waals surface area contributed by atoms with E-state index < -0.39 is 5.91 Å². The largest absolute Gasteiger partial charge is 0.493 e. The highest BCUT2D eigenvalue weighted by atomic mass is 35.5. The Balaban J connectivity index is 1.72. The van der Waals surface area contributed by atoms with Crippen LogP contribution in [0.3, 0.4) is 0 Å². The van der Waals surface area contributed by atoms with E-state index in [0.29, 0.717) is 35.2 Å². The average Bonchev–Trinajstić information content (AvgIpc) is 2.74. The van der Waals surface area contributed by atoms with Crippen molar-refractivity contribution in [3.05, 3.63) is 83.1 Å². The molecule has 0 radical (unpaired) electrons. The number of benzene rings is 2. The van der Waals surface area contributed by atoms with Crippen molar-refractivity contribution in [1.82, 2.24) is 4.98 Å². The van der Waals surface area contributed by atoms with Crippen molar-refractivity contribution in [2.24, 2.45) is 5.92 Å². The highest BCUT2D eigenvalue weighted by molar-refractivity contribution is 6.34. The monoisotopic (exact) mass is 423 g/mol. The number of nitrogens with zero attached hydrogens (tertiary/aromatic N) is 1. The molecule has 2 amide bonds. The summed E-state index contributed by atoms with van der Waals surface area (Å²) in [6, 6.07) is 15.1. The molecule has 7 heteroatoms. The highest BCUT2D eigenvalue weighted by Crippen LogP contribution is 2.23. The van der Waals surface area contributed by atoms with Gasteiger partial charge in [-0.3, -0.25) is 14.6 Å². The van der Waals surface area contributed by atoms with E-state index in [4.69, 9.17) is 16.3 Å². The molecule has 154 valence electrons. The van der Waals surface area contributed by atoms with Gasteiger partial charge in [-0.15, -0.1) is 0 Å². The number of amides is 2. The molecule has 0 fully saturated rings. The van der Waals surface area contributed by atoms with E-state index in [0.717, 1.165) is 0 Å². The van der Waals surface area contributed by atoms with Gasteiger partial charge in [-0.25, -0.2) is 0 Å². The van der Waals surface area contributed by atoms with Crippen LogP contribution in [0.4, 0.5) is 11.4 Å². The van der Waals surface area contributed by atoms with Gasteiger partial charge in [0.2, 0.25) is 0 Å². The van der Waals surface area contributed by atoms with Crippen LogP contribution in [-0.4, -0.2) is 23.4 Å². The van der Waals surface area contributed by atoms with E-state index in [2.05, 4.69) is 29.5 Å². The Morgan fingerprint density at radius 3 is 2.53 bits per heavy atom. The maximum atomic E-state index is 12.7. The Labute approximate surface area is 180 Å². The molecule has 0 saturated heterocycles. The summed E-state index contributed by atoms with van der Waals surface area (Å²) >= 11 is 6.19. The van der Waals surface area contributed by atoms with Gasteiger partial charge in [0, 0.05) is 17.4 Å². The third-order valence-corrected chi connectivity index (χ3v) is 4.40. The van der Waals surface area contributed by atoms with Gasteiger partial charge >= 0.3 is 0 Å². The number of nitrogens with one attached hydrogen (secondary N) is 2. The van der Waals surface area contributed by atoms with Gasteiger partial charge in [0.15, 0.2) is 0 Å². The van der Waals surface area contributed by atoms with Crippen molar-refractivity contribution in [2.75, 3.05) is 17.2 Å².